The van der Waals surface area contributed by atoms with Crippen molar-refractivity contribution >= 4 is 0 Å². The second-order valence-corrected chi connectivity index (χ2v) is 6.07. The van der Waals surface area contributed by atoms with Crippen molar-refractivity contribution in [2.24, 2.45) is 0 Å². The average Bonchev–Trinajstić information content (AvgIpc) is 2.54. The Balaban J connectivity index is 2.23. The average molecular weight is 288 g/mol. The molecule has 0 aliphatic rings. The molecule has 1 atom stereocenters. The van der Waals surface area contributed by atoms with Crippen LogP contribution in [-0.4, -0.2) is 0 Å². The Bertz CT molecular complexity index is 728. The van der Waals surface area contributed by atoms with Gasteiger partial charge in [0, 0.05) is 0 Å². The molecule has 0 saturated carbocycles. The summed E-state index contributed by atoms with van der Waals surface area (Å²) < 4.78 is 0. The molecule has 2 heteroatoms. The molecule has 2 rings (SSSR count). The van der Waals surface area contributed by atoms with Crippen LogP contribution in [0.15, 0.2) is 42.5 Å². The van der Waals surface area contributed by atoms with Crippen LogP contribution >= 0.6 is 0 Å². The summed E-state index contributed by atoms with van der Waals surface area (Å²) >= 11 is 0. The SMILES string of the molecule is CC(C)c1cc(C#N)cc(CC(C)c2ccc(C#N)cc2)c1. The van der Waals surface area contributed by atoms with Gasteiger partial charge in [-0.25, -0.2) is 0 Å². The molecule has 0 amide bonds. The van der Waals surface area contributed by atoms with E-state index in [2.05, 4.69) is 39.0 Å². The summed E-state index contributed by atoms with van der Waals surface area (Å²) in [6.45, 7) is 6.46. The van der Waals surface area contributed by atoms with Crippen molar-refractivity contribution in [2.45, 2.75) is 39.0 Å². The van der Waals surface area contributed by atoms with Gasteiger partial charge < -0.3 is 0 Å². The number of hydrogen-bond acceptors (Lipinski definition) is 2. The van der Waals surface area contributed by atoms with Crippen molar-refractivity contribution in [3.8, 4) is 12.1 Å². The van der Waals surface area contributed by atoms with E-state index >= 15 is 0 Å². The Hall–Kier alpha value is -2.58. The molecule has 22 heavy (non-hydrogen) atoms. The maximum atomic E-state index is 9.20. The zero-order chi connectivity index (χ0) is 16.1. The van der Waals surface area contributed by atoms with Crippen LogP contribution in [0.4, 0.5) is 0 Å². The van der Waals surface area contributed by atoms with E-state index in [9.17, 15) is 5.26 Å². The molecule has 0 radical (unpaired) electrons. The van der Waals surface area contributed by atoms with Gasteiger partial charge in [-0.3, -0.25) is 0 Å². The molecular weight excluding hydrogens is 268 g/mol. The fourth-order valence-electron chi connectivity index (χ4n) is 2.59. The van der Waals surface area contributed by atoms with Crippen LogP contribution in [0.3, 0.4) is 0 Å². The molecule has 2 nitrogen and oxygen atoms in total. The van der Waals surface area contributed by atoms with Crippen molar-refractivity contribution in [1.29, 1.82) is 10.5 Å². The standard InChI is InChI=1S/C20H20N2/c1-14(2)20-10-17(9-18(11-20)13-22)8-15(3)19-6-4-16(12-21)5-7-19/h4-7,9-11,14-15H,8H2,1-3H3. The number of rotatable bonds is 4. The van der Waals surface area contributed by atoms with Crippen LogP contribution < -0.4 is 0 Å². The van der Waals surface area contributed by atoms with Gasteiger partial charge in [-0.2, -0.15) is 10.5 Å². The van der Waals surface area contributed by atoms with E-state index in [1.165, 1.54) is 16.7 Å². The second-order valence-electron chi connectivity index (χ2n) is 6.07. The highest BCUT2D eigenvalue weighted by molar-refractivity contribution is 5.40. The first-order valence-corrected chi connectivity index (χ1v) is 7.57. The lowest BCUT2D eigenvalue weighted by Crippen LogP contribution is -2.01. The largest absolute Gasteiger partial charge is 0.192 e. The number of nitrogens with zero attached hydrogens (tertiary/aromatic N) is 2. The smallest absolute Gasteiger partial charge is 0.0991 e. The van der Waals surface area contributed by atoms with E-state index < -0.39 is 0 Å². The third-order valence-corrected chi connectivity index (χ3v) is 3.96. The molecule has 2 aromatic rings. The highest BCUT2D eigenvalue weighted by Gasteiger charge is 2.10. The first kappa shape index (κ1) is 15.8. The third-order valence-electron chi connectivity index (χ3n) is 3.96. The van der Waals surface area contributed by atoms with Gasteiger partial charge in [0.25, 0.3) is 0 Å². The lowest BCUT2D eigenvalue weighted by molar-refractivity contribution is 0.755. The Morgan fingerprint density at radius 3 is 2.00 bits per heavy atom. The Morgan fingerprint density at radius 2 is 1.45 bits per heavy atom. The monoisotopic (exact) mass is 288 g/mol. The molecule has 0 fully saturated rings. The zero-order valence-corrected chi connectivity index (χ0v) is 13.3. The minimum Gasteiger partial charge on any atom is -0.192 e. The summed E-state index contributed by atoms with van der Waals surface area (Å²) in [5.41, 5.74) is 5.03. The topological polar surface area (TPSA) is 47.6 Å². The van der Waals surface area contributed by atoms with Gasteiger partial charge in [0.2, 0.25) is 0 Å². The molecule has 0 aliphatic heterocycles. The number of benzene rings is 2. The highest BCUT2D eigenvalue weighted by Crippen LogP contribution is 2.24. The maximum Gasteiger partial charge on any atom is 0.0991 e. The minimum atomic E-state index is 0.349. The van der Waals surface area contributed by atoms with Gasteiger partial charge >= 0.3 is 0 Å². The lowest BCUT2D eigenvalue weighted by atomic mass is 9.90. The molecule has 2 aromatic carbocycles. The van der Waals surface area contributed by atoms with Crippen molar-refractivity contribution in [3.63, 3.8) is 0 Å². The summed E-state index contributed by atoms with van der Waals surface area (Å²) in [5, 5.41) is 18.1. The van der Waals surface area contributed by atoms with E-state index in [0.29, 0.717) is 17.4 Å². The first-order valence-electron chi connectivity index (χ1n) is 7.57. The molecule has 0 saturated heterocycles. The van der Waals surface area contributed by atoms with E-state index in [0.717, 1.165) is 12.0 Å². The summed E-state index contributed by atoms with van der Waals surface area (Å²) in [4.78, 5) is 0. The van der Waals surface area contributed by atoms with E-state index in [1.807, 2.05) is 36.4 Å². The van der Waals surface area contributed by atoms with Gasteiger partial charge in [-0.05, 0) is 59.2 Å². The molecule has 0 N–H and O–H groups in total. The first-order chi connectivity index (χ1) is 10.5. The second kappa shape index (κ2) is 6.92. The van der Waals surface area contributed by atoms with Crippen LogP contribution in [0.25, 0.3) is 0 Å². The molecule has 0 spiro atoms. The molecule has 1 unspecified atom stereocenters. The van der Waals surface area contributed by atoms with Crippen LogP contribution in [0.2, 0.25) is 0 Å². The zero-order valence-electron chi connectivity index (χ0n) is 13.3. The minimum absolute atomic E-state index is 0.349. The van der Waals surface area contributed by atoms with Crippen molar-refractivity contribution < 1.29 is 0 Å². The lowest BCUT2D eigenvalue weighted by Gasteiger charge is -2.14. The van der Waals surface area contributed by atoms with E-state index in [1.54, 1.807) is 0 Å². The molecule has 0 bridgehead atoms. The molecule has 0 aromatic heterocycles. The summed E-state index contributed by atoms with van der Waals surface area (Å²) in [7, 11) is 0. The number of nitriles is 2. The summed E-state index contributed by atoms with van der Waals surface area (Å²) in [5.74, 6) is 0.763. The number of hydrogen-bond donors (Lipinski definition) is 0. The van der Waals surface area contributed by atoms with Gasteiger partial charge in [0.1, 0.15) is 0 Å². The third kappa shape index (κ3) is 3.74. The van der Waals surface area contributed by atoms with Gasteiger partial charge in [0.05, 0.1) is 23.3 Å². The summed E-state index contributed by atoms with van der Waals surface area (Å²) in [6, 6.07) is 18.3. The predicted octanol–water partition coefficient (Wildman–Crippen LogP) is 4.90. The Labute approximate surface area is 132 Å². The van der Waals surface area contributed by atoms with E-state index in [4.69, 9.17) is 5.26 Å². The van der Waals surface area contributed by atoms with Gasteiger partial charge in [-0.1, -0.05) is 39.0 Å². The fourth-order valence-corrected chi connectivity index (χ4v) is 2.59. The van der Waals surface area contributed by atoms with Crippen LogP contribution in [0.5, 0.6) is 0 Å². The Kier molecular flexibility index (Phi) is 4.97. The van der Waals surface area contributed by atoms with Crippen LogP contribution in [0, 0.1) is 22.7 Å². The van der Waals surface area contributed by atoms with Crippen LogP contribution in [-0.2, 0) is 6.42 Å². The van der Waals surface area contributed by atoms with Gasteiger partial charge in [-0.15, -0.1) is 0 Å². The molecule has 0 heterocycles. The van der Waals surface area contributed by atoms with E-state index in [-0.39, 0.29) is 0 Å². The van der Waals surface area contributed by atoms with Crippen molar-refractivity contribution in [3.05, 3.63) is 70.3 Å². The molecular formula is C20H20N2. The molecule has 110 valence electrons. The van der Waals surface area contributed by atoms with Crippen molar-refractivity contribution in [2.75, 3.05) is 0 Å². The van der Waals surface area contributed by atoms with Gasteiger partial charge in [0.15, 0.2) is 0 Å². The normalized spacial score (nSPS) is 11.7. The summed E-state index contributed by atoms with van der Waals surface area (Å²) in [6.07, 6.45) is 0.890. The molecule has 0 aliphatic carbocycles. The Morgan fingerprint density at radius 1 is 0.818 bits per heavy atom. The van der Waals surface area contributed by atoms with Crippen LogP contribution in [0.1, 0.15) is 60.4 Å². The maximum absolute atomic E-state index is 9.20. The fraction of sp³-hybridized carbons (Fsp3) is 0.300. The quantitative estimate of drug-likeness (QED) is 0.803. The van der Waals surface area contributed by atoms with Crippen molar-refractivity contribution in [1.82, 2.24) is 0 Å². The highest BCUT2D eigenvalue weighted by atomic mass is 14.2. The predicted molar refractivity (Wildman–Crippen MR) is 88.5 cm³/mol.